The Morgan fingerprint density at radius 3 is 2.41 bits per heavy atom. The van der Waals surface area contributed by atoms with Crippen molar-refractivity contribution in [3.05, 3.63) is 60.2 Å². The molecular weight excluding hydrogens is 212 g/mol. The van der Waals surface area contributed by atoms with Gasteiger partial charge in [0, 0.05) is 5.57 Å². The summed E-state index contributed by atoms with van der Waals surface area (Å²) in [6.45, 7) is 1.73. The Balaban J connectivity index is 2.26. The summed E-state index contributed by atoms with van der Waals surface area (Å²) in [5, 5.41) is 0. The van der Waals surface area contributed by atoms with Gasteiger partial charge in [-0.2, -0.15) is 0 Å². The molecule has 0 unspecified atom stereocenters. The molecule has 0 aliphatic rings. The lowest BCUT2D eigenvalue weighted by Gasteiger charge is -2.06. The highest BCUT2D eigenvalue weighted by atomic mass is 16.5. The van der Waals surface area contributed by atoms with Crippen molar-refractivity contribution in [3.8, 4) is 11.5 Å². The Morgan fingerprint density at radius 2 is 1.71 bits per heavy atom. The quantitative estimate of drug-likeness (QED) is 0.743. The molecule has 0 heterocycles. The molecule has 84 valence electrons. The molecule has 2 heteroatoms. The first kappa shape index (κ1) is 11.2. The predicted octanol–water partition coefficient (Wildman–Crippen LogP) is 3.71. The number of ether oxygens (including phenoxy) is 1. The van der Waals surface area contributed by atoms with Crippen LogP contribution in [-0.4, -0.2) is 5.94 Å². The fraction of sp³-hybridized carbons (Fsp3) is 0.0667. The molecule has 0 aliphatic heterocycles. The van der Waals surface area contributed by atoms with E-state index in [-0.39, 0.29) is 0 Å². The number of hydrogen-bond acceptors (Lipinski definition) is 2. The van der Waals surface area contributed by atoms with Crippen LogP contribution in [0.2, 0.25) is 0 Å². The van der Waals surface area contributed by atoms with Crippen LogP contribution in [0.15, 0.2) is 54.6 Å². The third kappa shape index (κ3) is 2.83. The van der Waals surface area contributed by atoms with Gasteiger partial charge in [-0.3, -0.25) is 0 Å². The van der Waals surface area contributed by atoms with Crippen LogP contribution in [-0.2, 0) is 4.79 Å². The summed E-state index contributed by atoms with van der Waals surface area (Å²) in [5.41, 5.74) is 1.40. The molecule has 0 fully saturated rings. The Labute approximate surface area is 100 Å². The zero-order chi connectivity index (χ0) is 12.1. The summed E-state index contributed by atoms with van der Waals surface area (Å²) in [7, 11) is 0. The topological polar surface area (TPSA) is 26.3 Å². The van der Waals surface area contributed by atoms with Crippen LogP contribution >= 0.6 is 0 Å². The Kier molecular flexibility index (Phi) is 3.39. The van der Waals surface area contributed by atoms with Crippen molar-refractivity contribution in [1.29, 1.82) is 0 Å². The van der Waals surface area contributed by atoms with Gasteiger partial charge in [0.25, 0.3) is 0 Å². The lowest BCUT2D eigenvalue weighted by molar-refractivity contribution is 0.482. The van der Waals surface area contributed by atoms with Gasteiger partial charge in [-0.1, -0.05) is 30.3 Å². The zero-order valence-electron chi connectivity index (χ0n) is 9.51. The summed E-state index contributed by atoms with van der Waals surface area (Å²) in [5.74, 6) is 3.37. The van der Waals surface area contributed by atoms with Gasteiger partial charge in [-0.25, -0.2) is 4.79 Å². The molecular formula is C15H12O2. The van der Waals surface area contributed by atoms with Crippen molar-refractivity contribution in [2.45, 2.75) is 6.92 Å². The third-order valence-electron chi connectivity index (χ3n) is 2.40. The first-order valence-electron chi connectivity index (χ1n) is 5.34. The van der Waals surface area contributed by atoms with Gasteiger partial charge in [0.2, 0.25) is 0 Å². The Hall–Kier alpha value is -2.31. The van der Waals surface area contributed by atoms with Gasteiger partial charge >= 0.3 is 0 Å². The minimum absolute atomic E-state index is 0.573. The van der Waals surface area contributed by atoms with Crippen LogP contribution in [0.1, 0.15) is 12.5 Å². The highest BCUT2D eigenvalue weighted by molar-refractivity contribution is 5.86. The third-order valence-corrected chi connectivity index (χ3v) is 2.40. The second-order valence-corrected chi connectivity index (χ2v) is 3.67. The van der Waals surface area contributed by atoms with E-state index in [2.05, 4.69) is 0 Å². The second kappa shape index (κ2) is 5.15. The zero-order valence-corrected chi connectivity index (χ0v) is 9.51. The van der Waals surface area contributed by atoms with E-state index in [1.54, 1.807) is 6.92 Å². The molecule has 17 heavy (non-hydrogen) atoms. The molecule has 0 amide bonds. The maximum absolute atomic E-state index is 10.6. The lowest BCUT2D eigenvalue weighted by atomic mass is 10.1. The summed E-state index contributed by atoms with van der Waals surface area (Å²) >= 11 is 0. The molecule has 0 aliphatic carbocycles. The molecule has 2 aromatic carbocycles. The molecule has 0 aromatic heterocycles. The van der Waals surface area contributed by atoms with Gasteiger partial charge in [-0.05, 0) is 36.8 Å². The summed E-state index contributed by atoms with van der Waals surface area (Å²) in [4.78, 5) is 10.6. The van der Waals surface area contributed by atoms with Crippen LogP contribution < -0.4 is 4.74 Å². The molecule has 0 N–H and O–H groups in total. The van der Waals surface area contributed by atoms with E-state index in [4.69, 9.17) is 4.74 Å². The molecule has 0 saturated heterocycles. The molecule has 0 radical (unpaired) electrons. The highest BCUT2D eigenvalue weighted by Gasteiger charge is 2.00. The monoisotopic (exact) mass is 224 g/mol. The molecule has 0 atom stereocenters. The first-order chi connectivity index (χ1) is 8.29. The van der Waals surface area contributed by atoms with E-state index in [0.717, 1.165) is 11.3 Å². The summed E-state index contributed by atoms with van der Waals surface area (Å²) in [6.07, 6.45) is 0. The number of para-hydroxylation sites is 1. The van der Waals surface area contributed by atoms with Gasteiger partial charge in [0.05, 0.1) is 0 Å². The van der Waals surface area contributed by atoms with Gasteiger partial charge in [0.1, 0.15) is 17.4 Å². The van der Waals surface area contributed by atoms with Crippen molar-refractivity contribution in [3.63, 3.8) is 0 Å². The number of carbonyl (C=O) groups excluding carboxylic acids is 1. The lowest BCUT2D eigenvalue weighted by Crippen LogP contribution is -1.86. The van der Waals surface area contributed by atoms with Gasteiger partial charge in [-0.15, -0.1) is 0 Å². The molecule has 2 nitrogen and oxygen atoms in total. The molecule has 0 spiro atoms. The molecule has 0 bridgehead atoms. The number of hydrogen-bond donors (Lipinski definition) is 0. The average Bonchev–Trinajstić information content (AvgIpc) is 2.39. The van der Waals surface area contributed by atoms with Crippen LogP contribution in [0.3, 0.4) is 0 Å². The van der Waals surface area contributed by atoms with Crippen LogP contribution in [0.25, 0.3) is 5.57 Å². The van der Waals surface area contributed by atoms with Crippen LogP contribution in [0, 0.1) is 0 Å². The van der Waals surface area contributed by atoms with Crippen molar-refractivity contribution in [1.82, 2.24) is 0 Å². The van der Waals surface area contributed by atoms with Gasteiger partial charge < -0.3 is 4.74 Å². The first-order valence-corrected chi connectivity index (χ1v) is 5.34. The van der Waals surface area contributed by atoms with E-state index < -0.39 is 0 Å². The standard InChI is InChI=1S/C15H12O2/c1-12(11-16)13-6-5-9-15(10-13)17-14-7-3-2-4-8-14/h2-10H,1H3. The van der Waals surface area contributed by atoms with Crippen molar-refractivity contribution < 1.29 is 9.53 Å². The maximum atomic E-state index is 10.6. The van der Waals surface area contributed by atoms with Gasteiger partial charge in [0.15, 0.2) is 0 Å². The van der Waals surface area contributed by atoms with Crippen molar-refractivity contribution >= 4 is 11.5 Å². The molecule has 0 saturated carbocycles. The van der Waals surface area contributed by atoms with Crippen molar-refractivity contribution in [2.75, 3.05) is 0 Å². The minimum Gasteiger partial charge on any atom is -0.457 e. The fourth-order valence-corrected chi connectivity index (χ4v) is 1.48. The molecule has 2 aromatic rings. The maximum Gasteiger partial charge on any atom is 0.128 e. The van der Waals surface area contributed by atoms with Crippen molar-refractivity contribution in [2.24, 2.45) is 0 Å². The largest absolute Gasteiger partial charge is 0.457 e. The minimum atomic E-state index is 0.573. The van der Waals surface area contributed by atoms with E-state index in [1.807, 2.05) is 60.5 Å². The van der Waals surface area contributed by atoms with E-state index in [0.29, 0.717) is 11.3 Å². The van der Waals surface area contributed by atoms with Crippen LogP contribution in [0.5, 0.6) is 11.5 Å². The fourth-order valence-electron chi connectivity index (χ4n) is 1.48. The summed E-state index contributed by atoms with van der Waals surface area (Å²) < 4.78 is 5.67. The number of rotatable bonds is 3. The normalized spacial score (nSPS) is 9.47. The average molecular weight is 224 g/mol. The number of benzene rings is 2. The summed E-state index contributed by atoms with van der Waals surface area (Å²) in [6, 6.07) is 16.9. The predicted molar refractivity (Wildman–Crippen MR) is 67.7 cm³/mol. The molecule has 2 rings (SSSR count). The SMILES string of the molecule is CC(=C=O)c1cccc(Oc2ccccc2)c1. The second-order valence-electron chi connectivity index (χ2n) is 3.67. The van der Waals surface area contributed by atoms with E-state index in [9.17, 15) is 4.79 Å². The smallest absolute Gasteiger partial charge is 0.128 e. The Morgan fingerprint density at radius 1 is 1.00 bits per heavy atom. The number of allylic oxidation sites excluding steroid dienone is 1. The van der Waals surface area contributed by atoms with E-state index >= 15 is 0 Å². The Bertz CT molecular complexity index is 552. The van der Waals surface area contributed by atoms with Crippen LogP contribution in [0.4, 0.5) is 0 Å². The highest BCUT2D eigenvalue weighted by Crippen LogP contribution is 2.23. The van der Waals surface area contributed by atoms with E-state index in [1.165, 1.54) is 0 Å².